The molecule has 0 aliphatic carbocycles. The minimum atomic E-state index is -0.944. The van der Waals surface area contributed by atoms with Gasteiger partial charge >= 0.3 is 5.97 Å². The van der Waals surface area contributed by atoms with Gasteiger partial charge in [-0.2, -0.15) is 5.10 Å². The Labute approximate surface area is 121 Å². The van der Waals surface area contributed by atoms with Crippen LogP contribution < -0.4 is 0 Å². The van der Waals surface area contributed by atoms with E-state index >= 15 is 0 Å². The van der Waals surface area contributed by atoms with Crippen LogP contribution in [0.3, 0.4) is 0 Å². The number of aliphatic carboxylic acids is 1. The number of Topliss-reactive ketones (excluding diaryl/α,β-unsaturated/α-hetero) is 1. The normalized spacial score (nSPS) is 13.7. The summed E-state index contributed by atoms with van der Waals surface area (Å²) in [5, 5.41) is 13.8. The Hall–Kier alpha value is -1.69. The van der Waals surface area contributed by atoms with Gasteiger partial charge < -0.3 is 5.11 Å². The highest BCUT2D eigenvalue weighted by molar-refractivity contribution is 7.19. The van der Waals surface area contributed by atoms with Crippen LogP contribution in [0.4, 0.5) is 0 Å². The number of aromatic nitrogens is 2. The summed E-state index contributed by atoms with van der Waals surface area (Å²) in [5.74, 6) is -1.09. The van der Waals surface area contributed by atoms with Gasteiger partial charge in [-0.15, -0.1) is 11.3 Å². The molecule has 0 aromatic carbocycles. The molecule has 0 saturated heterocycles. The molecule has 0 aliphatic rings. The van der Waals surface area contributed by atoms with E-state index in [0.717, 1.165) is 15.1 Å². The number of carboxylic acids is 1. The maximum atomic E-state index is 11.7. The van der Waals surface area contributed by atoms with Crippen LogP contribution in [0.15, 0.2) is 6.07 Å². The summed E-state index contributed by atoms with van der Waals surface area (Å²) < 4.78 is 2.25. The molecule has 2 aromatic rings. The van der Waals surface area contributed by atoms with Crippen LogP contribution in [0.1, 0.15) is 49.1 Å². The molecule has 2 rings (SSSR count). The van der Waals surface area contributed by atoms with E-state index in [0.29, 0.717) is 5.69 Å². The first-order valence-electron chi connectivity index (χ1n) is 6.35. The fraction of sp³-hybridized carbons (Fsp3) is 0.500. The summed E-state index contributed by atoms with van der Waals surface area (Å²) in [6.45, 7) is 8.95. The second kappa shape index (κ2) is 4.70. The third kappa shape index (κ3) is 2.35. The molecule has 1 unspecified atom stereocenters. The van der Waals surface area contributed by atoms with Gasteiger partial charge in [-0.05, 0) is 18.4 Å². The summed E-state index contributed by atoms with van der Waals surface area (Å²) in [6, 6.07) is 1.08. The third-order valence-corrected chi connectivity index (χ3v) is 4.18. The molecule has 1 N–H and O–H groups in total. The average molecular weight is 294 g/mol. The van der Waals surface area contributed by atoms with Crippen molar-refractivity contribution in [3.8, 4) is 0 Å². The molecule has 0 saturated carbocycles. The number of thiophene rings is 1. The van der Waals surface area contributed by atoms with E-state index < -0.39 is 17.4 Å². The standard InChI is InChI=1S/C14H18N2O3S/c1-7-6-9-11(20-7)10(8(2)17)15-16(9)12(13(18)19)14(3,4)5/h6,12H,1-5H3,(H,18,19). The van der Waals surface area contributed by atoms with Crippen LogP contribution in [0, 0.1) is 12.3 Å². The topological polar surface area (TPSA) is 72.2 Å². The first-order valence-corrected chi connectivity index (χ1v) is 7.17. The fourth-order valence-electron chi connectivity index (χ4n) is 2.32. The van der Waals surface area contributed by atoms with Crippen molar-refractivity contribution in [2.24, 2.45) is 5.41 Å². The van der Waals surface area contributed by atoms with Crippen molar-refractivity contribution in [3.05, 3.63) is 16.6 Å². The number of carbonyl (C=O) groups excluding carboxylic acids is 1. The Morgan fingerprint density at radius 1 is 1.40 bits per heavy atom. The Morgan fingerprint density at radius 3 is 2.45 bits per heavy atom. The zero-order valence-electron chi connectivity index (χ0n) is 12.2. The number of fused-ring (bicyclic) bond motifs is 1. The molecule has 2 aromatic heterocycles. The number of ketones is 1. The average Bonchev–Trinajstić information content (AvgIpc) is 2.74. The number of nitrogens with zero attached hydrogens (tertiary/aromatic N) is 2. The Balaban J connectivity index is 2.76. The molecule has 20 heavy (non-hydrogen) atoms. The maximum Gasteiger partial charge on any atom is 0.329 e. The molecular formula is C14H18N2O3S. The lowest BCUT2D eigenvalue weighted by atomic mass is 9.87. The molecule has 0 bridgehead atoms. The van der Waals surface area contributed by atoms with Crippen molar-refractivity contribution < 1.29 is 14.7 Å². The van der Waals surface area contributed by atoms with E-state index in [9.17, 15) is 14.7 Å². The lowest BCUT2D eigenvalue weighted by Gasteiger charge is -2.27. The minimum absolute atomic E-state index is 0.145. The predicted molar refractivity (Wildman–Crippen MR) is 78.5 cm³/mol. The molecule has 0 spiro atoms. The molecular weight excluding hydrogens is 276 g/mol. The van der Waals surface area contributed by atoms with Gasteiger partial charge in [0.2, 0.25) is 0 Å². The van der Waals surface area contributed by atoms with Gasteiger partial charge in [0.15, 0.2) is 11.8 Å². The third-order valence-electron chi connectivity index (χ3n) is 3.14. The summed E-state index contributed by atoms with van der Waals surface area (Å²) in [5.41, 5.74) is 0.572. The van der Waals surface area contributed by atoms with E-state index in [4.69, 9.17) is 0 Å². The van der Waals surface area contributed by atoms with Crippen molar-refractivity contribution in [1.82, 2.24) is 9.78 Å². The molecule has 1 atom stereocenters. The van der Waals surface area contributed by atoms with E-state index in [1.807, 2.05) is 33.8 Å². The highest BCUT2D eigenvalue weighted by atomic mass is 32.1. The molecule has 0 aliphatic heterocycles. The van der Waals surface area contributed by atoms with Crippen molar-refractivity contribution >= 4 is 33.3 Å². The SMILES string of the molecule is CC(=O)c1nn(C(C(=O)O)C(C)(C)C)c2cc(C)sc12. The quantitative estimate of drug-likeness (QED) is 0.882. The number of rotatable bonds is 3. The zero-order chi connectivity index (χ0) is 15.2. The Morgan fingerprint density at radius 2 is 2.00 bits per heavy atom. The summed E-state index contributed by atoms with van der Waals surface area (Å²) in [7, 11) is 0. The van der Waals surface area contributed by atoms with Gasteiger partial charge in [-0.1, -0.05) is 20.8 Å². The maximum absolute atomic E-state index is 11.7. The molecule has 5 nitrogen and oxygen atoms in total. The van der Waals surface area contributed by atoms with Crippen LogP contribution in [0.2, 0.25) is 0 Å². The number of carbonyl (C=O) groups is 2. The summed E-state index contributed by atoms with van der Waals surface area (Å²) in [6.07, 6.45) is 0. The van der Waals surface area contributed by atoms with Gasteiger partial charge in [0.25, 0.3) is 0 Å². The van der Waals surface area contributed by atoms with Gasteiger partial charge in [0.1, 0.15) is 5.69 Å². The lowest BCUT2D eigenvalue weighted by Crippen LogP contribution is -2.32. The van der Waals surface area contributed by atoms with E-state index in [-0.39, 0.29) is 5.78 Å². The first-order chi connectivity index (χ1) is 9.12. The lowest BCUT2D eigenvalue weighted by molar-refractivity contribution is -0.144. The van der Waals surface area contributed by atoms with Crippen molar-refractivity contribution in [2.75, 3.05) is 0 Å². The highest BCUT2D eigenvalue weighted by Gasteiger charge is 2.36. The van der Waals surface area contributed by atoms with Crippen molar-refractivity contribution in [1.29, 1.82) is 0 Å². The van der Waals surface area contributed by atoms with E-state index in [2.05, 4.69) is 5.10 Å². The minimum Gasteiger partial charge on any atom is -0.480 e. The van der Waals surface area contributed by atoms with Crippen LogP contribution in [-0.2, 0) is 4.79 Å². The fourth-order valence-corrected chi connectivity index (χ4v) is 3.35. The van der Waals surface area contributed by atoms with E-state index in [1.165, 1.54) is 22.9 Å². The molecule has 2 heterocycles. The van der Waals surface area contributed by atoms with Crippen LogP contribution in [0.25, 0.3) is 10.2 Å². The van der Waals surface area contributed by atoms with Gasteiger partial charge in [-0.25, -0.2) is 9.48 Å². The molecule has 6 heteroatoms. The summed E-state index contributed by atoms with van der Waals surface area (Å²) >= 11 is 1.47. The second-order valence-corrected chi connectivity index (χ2v) is 7.28. The second-order valence-electron chi connectivity index (χ2n) is 6.03. The number of hydrogen-bond acceptors (Lipinski definition) is 4. The van der Waals surface area contributed by atoms with E-state index in [1.54, 1.807) is 0 Å². The smallest absolute Gasteiger partial charge is 0.329 e. The predicted octanol–water partition coefficient (Wildman–Crippen LogP) is 3.28. The molecule has 0 fully saturated rings. The van der Waals surface area contributed by atoms with Gasteiger partial charge in [-0.3, -0.25) is 4.79 Å². The van der Waals surface area contributed by atoms with Gasteiger partial charge in [0, 0.05) is 11.8 Å². The highest BCUT2D eigenvalue weighted by Crippen LogP contribution is 2.36. The first kappa shape index (κ1) is 14.7. The van der Waals surface area contributed by atoms with Crippen molar-refractivity contribution in [2.45, 2.75) is 40.7 Å². The Bertz CT molecular complexity index is 691. The molecule has 108 valence electrons. The van der Waals surface area contributed by atoms with Crippen molar-refractivity contribution in [3.63, 3.8) is 0 Å². The van der Waals surface area contributed by atoms with Crippen LogP contribution in [0.5, 0.6) is 0 Å². The number of carboxylic acid groups (broad SMARTS) is 1. The van der Waals surface area contributed by atoms with Crippen LogP contribution in [-0.4, -0.2) is 26.6 Å². The molecule has 0 radical (unpaired) electrons. The van der Waals surface area contributed by atoms with Gasteiger partial charge in [0.05, 0.1) is 10.2 Å². The number of aryl methyl sites for hydroxylation is 1. The largest absolute Gasteiger partial charge is 0.480 e. The molecule has 0 amide bonds. The number of hydrogen-bond donors (Lipinski definition) is 1. The summed E-state index contributed by atoms with van der Waals surface area (Å²) in [4.78, 5) is 24.4. The Kier molecular flexibility index (Phi) is 3.46. The van der Waals surface area contributed by atoms with Crippen LogP contribution >= 0.6 is 11.3 Å². The zero-order valence-corrected chi connectivity index (χ0v) is 13.0. The monoisotopic (exact) mass is 294 g/mol.